The maximum Gasteiger partial charge on any atom is 0.471 e. The molecular weight excluding hydrogens is 231 g/mol. The van der Waals surface area contributed by atoms with Crippen molar-refractivity contribution in [2.45, 2.75) is 12.6 Å². The molecule has 1 aliphatic rings. The van der Waals surface area contributed by atoms with E-state index in [4.69, 9.17) is 0 Å². The molecule has 0 atom stereocenters. The van der Waals surface area contributed by atoms with E-state index in [2.05, 4.69) is 6.58 Å². The summed E-state index contributed by atoms with van der Waals surface area (Å²) in [6.07, 6.45) is -4.44. The van der Waals surface area contributed by atoms with Gasteiger partial charge in [-0.25, -0.2) is 0 Å². The van der Waals surface area contributed by atoms with Crippen LogP contribution in [0.4, 0.5) is 13.2 Å². The first-order valence-corrected chi connectivity index (χ1v) is 5.07. The molecule has 5 heteroatoms. The molecule has 0 unspecified atom stereocenters. The molecule has 2 nitrogen and oxygen atoms in total. The molecule has 2 rings (SSSR count). The third-order valence-electron chi connectivity index (χ3n) is 2.75. The quantitative estimate of drug-likeness (QED) is 0.683. The van der Waals surface area contributed by atoms with Crippen molar-refractivity contribution in [2.75, 3.05) is 6.54 Å². The van der Waals surface area contributed by atoms with Gasteiger partial charge in [-0.1, -0.05) is 30.8 Å². The number of rotatable bonds is 0. The van der Waals surface area contributed by atoms with E-state index in [9.17, 15) is 18.0 Å². The van der Waals surface area contributed by atoms with Crippen LogP contribution in [-0.4, -0.2) is 23.5 Å². The van der Waals surface area contributed by atoms with E-state index in [1.807, 2.05) is 12.1 Å². The third-order valence-corrected chi connectivity index (χ3v) is 2.75. The highest BCUT2D eigenvalue weighted by molar-refractivity contribution is 5.91. The number of hydrogen-bond donors (Lipinski definition) is 0. The second-order valence-electron chi connectivity index (χ2n) is 3.81. The number of nitrogens with zero attached hydrogens (tertiary/aromatic N) is 1. The van der Waals surface area contributed by atoms with Crippen molar-refractivity contribution >= 4 is 11.6 Å². The highest BCUT2D eigenvalue weighted by atomic mass is 19.4. The molecule has 1 heterocycles. The van der Waals surface area contributed by atoms with Gasteiger partial charge in [-0.15, -0.1) is 0 Å². The lowest BCUT2D eigenvalue weighted by molar-refractivity contribution is -0.181. The van der Waals surface area contributed by atoms with Crippen LogP contribution in [0.15, 0.2) is 30.8 Å². The van der Waals surface area contributed by atoms with Crippen molar-refractivity contribution < 1.29 is 18.0 Å². The summed E-state index contributed by atoms with van der Waals surface area (Å²) in [7, 11) is 0. The van der Waals surface area contributed by atoms with Crippen molar-refractivity contribution in [3.63, 3.8) is 0 Å². The average molecular weight is 241 g/mol. The van der Waals surface area contributed by atoms with E-state index in [0.29, 0.717) is 16.9 Å². The molecule has 0 saturated carbocycles. The van der Waals surface area contributed by atoms with Crippen LogP contribution in [0.3, 0.4) is 0 Å². The van der Waals surface area contributed by atoms with Crippen LogP contribution in [0.25, 0.3) is 5.70 Å². The highest BCUT2D eigenvalue weighted by Crippen LogP contribution is 2.30. The van der Waals surface area contributed by atoms with Gasteiger partial charge >= 0.3 is 12.1 Å². The lowest BCUT2D eigenvalue weighted by Crippen LogP contribution is -2.42. The molecule has 0 aromatic heterocycles. The predicted octanol–water partition coefficient (Wildman–Crippen LogP) is 2.60. The number of fused-ring (bicyclic) bond motifs is 1. The minimum absolute atomic E-state index is 0.0220. The van der Waals surface area contributed by atoms with Gasteiger partial charge in [0.2, 0.25) is 0 Å². The first-order valence-electron chi connectivity index (χ1n) is 5.07. The molecule has 0 spiro atoms. The van der Waals surface area contributed by atoms with Gasteiger partial charge < -0.3 is 4.90 Å². The van der Waals surface area contributed by atoms with Gasteiger partial charge in [0.05, 0.1) is 0 Å². The Labute approximate surface area is 96.3 Å². The molecule has 0 fully saturated rings. The van der Waals surface area contributed by atoms with Crippen LogP contribution < -0.4 is 0 Å². The largest absolute Gasteiger partial charge is 0.471 e. The molecular formula is C12H10F3NO. The predicted molar refractivity (Wildman–Crippen MR) is 56.9 cm³/mol. The fourth-order valence-electron chi connectivity index (χ4n) is 1.91. The summed E-state index contributed by atoms with van der Waals surface area (Å²) < 4.78 is 37.1. The summed E-state index contributed by atoms with van der Waals surface area (Å²) in [5.74, 6) is -1.85. The highest BCUT2D eigenvalue weighted by Gasteiger charge is 2.44. The van der Waals surface area contributed by atoms with Gasteiger partial charge in [0.15, 0.2) is 0 Å². The number of halogens is 3. The Hall–Kier alpha value is -1.78. The van der Waals surface area contributed by atoms with Gasteiger partial charge in [-0.05, 0) is 12.0 Å². The van der Waals surface area contributed by atoms with Gasteiger partial charge in [0, 0.05) is 17.8 Å². The van der Waals surface area contributed by atoms with E-state index in [0.717, 1.165) is 5.56 Å². The average Bonchev–Trinajstić information content (AvgIpc) is 2.28. The summed E-state index contributed by atoms with van der Waals surface area (Å²) in [5.41, 5.74) is 1.65. The summed E-state index contributed by atoms with van der Waals surface area (Å²) in [6.45, 7) is 3.60. The van der Waals surface area contributed by atoms with Crippen LogP contribution in [0.2, 0.25) is 0 Å². The Balaban J connectivity index is 2.33. The van der Waals surface area contributed by atoms with Crippen LogP contribution in [0.1, 0.15) is 11.1 Å². The topological polar surface area (TPSA) is 20.3 Å². The van der Waals surface area contributed by atoms with E-state index in [1.54, 1.807) is 12.1 Å². The van der Waals surface area contributed by atoms with E-state index < -0.39 is 12.1 Å². The van der Waals surface area contributed by atoms with Crippen molar-refractivity contribution in [2.24, 2.45) is 0 Å². The monoisotopic (exact) mass is 241 g/mol. The molecule has 1 aromatic rings. The first kappa shape index (κ1) is 11.7. The Morgan fingerprint density at radius 3 is 2.59 bits per heavy atom. The molecule has 1 amide bonds. The zero-order valence-corrected chi connectivity index (χ0v) is 8.92. The maximum absolute atomic E-state index is 12.4. The molecule has 0 bridgehead atoms. The van der Waals surface area contributed by atoms with E-state index in [-0.39, 0.29) is 12.2 Å². The summed E-state index contributed by atoms with van der Waals surface area (Å²) in [6, 6.07) is 7.03. The zero-order chi connectivity index (χ0) is 12.6. The number of benzene rings is 1. The summed E-state index contributed by atoms with van der Waals surface area (Å²) >= 11 is 0. The second-order valence-corrected chi connectivity index (χ2v) is 3.81. The number of alkyl halides is 3. The lowest BCUT2D eigenvalue weighted by Gasteiger charge is -2.31. The Morgan fingerprint density at radius 2 is 1.94 bits per heavy atom. The Morgan fingerprint density at radius 1 is 1.29 bits per heavy atom. The van der Waals surface area contributed by atoms with Crippen LogP contribution in [-0.2, 0) is 11.2 Å². The fourth-order valence-corrected chi connectivity index (χ4v) is 1.91. The van der Waals surface area contributed by atoms with Gasteiger partial charge in [-0.2, -0.15) is 13.2 Å². The number of amides is 1. The zero-order valence-electron chi connectivity index (χ0n) is 8.92. The molecule has 0 saturated heterocycles. The van der Waals surface area contributed by atoms with Gasteiger partial charge in [0.1, 0.15) is 0 Å². The molecule has 0 radical (unpaired) electrons. The van der Waals surface area contributed by atoms with Gasteiger partial charge in [-0.3, -0.25) is 4.79 Å². The summed E-state index contributed by atoms with van der Waals surface area (Å²) in [4.78, 5) is 11.9. The van der Waals surface area contributed by atoms with E-state index >= 15 is 0 Å². The minimum atomic E-state index is -4.85. The number of carbonyl (C=O) groups is 1. The number of hydrogen-bond acceptors (Lipinski definition) is 1. The minimum Gasteiger partial charge on any atom is -0.304 e. The first-order chi connectivity index (χ1) is 7.91. The molecule has 0 N–H and O–H groups in total. The SMILES string of the molecule is C=C1c2ccccc2CCN1C(=O)C(F)(F)F. The maximum atomic E-state index is 12.4. The van der Waals surface area contributed by atoms with Crippen molar-refractivity contribution in [1.29, 1.82) is 0 Å². The van der Waals surface area contributed by atoms with E-state index in [1.165, 1.54) is 0 Å². The molecule has 1 aromatic carbocycles. The molecule has 17 heavy (non-hydrogen) atoms. The van der Waals surface area contributed by atoms with Crippen LogP contribution in [0, 0.1) is 0 Å². The fraction of sp³-hybridized carbons (Fsp3) is 0.250. The van der Waals surface area contributed by atoms with Crippen molar-refractivity contribution in [3.05, 3.63) is 42.0 Å². The summed E-state index contributed by atoms with van der Waals surface area (Å²) in [5, 5.41) is 0. The van der Waals surface area contributed by atoms with Crippen LogP contribution >= 0.6 is 0 Å². The smallest absolute Gasteiger partial charge is 0.304 e. The normalized spacial score (nSPS) is 15.7. The molecule has 0 aliphatic carbocycles. The van der Waals surface area contributed by atoms with Gasteiger partial charge in [0.25, 0.3) is 0 Å². The molecule has 90 valence electrons. The van der Waals surface area contributed by atoms with Crippen molar-refractivity contribution in [3.8, 4) is 0 Å². The number of carbonyl (C=O) groups excluding carboxylic acids is 1. The third kappa shape index (κ3) is 2.05. The van der Waals surface area contributed by atoms with Crippen LogP contribution in [0.5, 0.6) is 0 Å². The lowest BCUT2D eigenvalue weighted by atomic mass is 9.97. The standard InChI is InChI=1S/C12H10F3NO/c1-8-10-5-3-2-4-9(10)6-7-16(8)11(17)12(13,14)15/h2-5H,1,6-7H2. The Bertz CT molecular complexity index is 479. The Kier molecular flexibility index (Phi) is 2.69. The molecule has 1 aliphatic heterocycles. The second kappa shape index (κ2) is 3.91. The van der Waals surface area contributed by atoms with Crippen molar-refractivity contribution in [1.82, 2.24) is 4.90 Å².